The van der Waals surface area contributed by atoms with Gasteiger partial charge >= 0.3 is 0 Å². The second kappa shape index (κ2) is 10.3. The highest BCUT2D eigenvalue weighted by Crippen LogP contribution is 2.10. The average molecular weight is 419 g/mol. The third kappa shape index (κ3) is 7.12. The maximum absolute atomic E-state index is 12.9. The molecule has 2 N–H and O–H groups in total. The summed E-state index contributed by atoms with van der Waals surface area (Å²) in [6, 6.07) is 13.1. The van der Waals surface area contributed by atoms with Crippen LogP contribution in [0.15, 0.2) is 48.5 Å². The molecule has 0 unspecified atom stereocenters. The molecule has 0 atom stereocenters. The van der Waals surface area contributed by atoms with Crippen molar-refractivity contribution in [2.75, 3.05) is 44.6 Å². The molecule has 0 spiro atoms. The number of hydrogen-bond acceptors (Lipinski definition) is 4. The van der Waals surface area contributed by atoms with Crippen molar-refractivity contribution in [3.63, 3.8) is 0 Å². The number of nitrogens with one attached hydrogen (secondary N) is 2. The van der Waals surface area contributed by atoms with E-state index < -0.39 is 0 Å². The molecule has 1 aliphatic heterocycles. The van der Waals surface area contributed by atoms with Gasteiger partial charge < -0.3 is 10.6 Å². The summed E-state index contributed by atoms with van der Waals surface area (Å²) < 4.78 is 12.9. The number of carbonyl (C=O) groups is 2. The van der Waals surface area contributed by atoms with Crippen molar-refractivity contribution < 1.29 is 14.0 Å². The molecule has 0 radical (unpaired) electrons. The van der Waals surface area contributed by atoms with Gasteiger partial charge in [-0.2, -0.15) is 0 Å². The summed E-state index contributed by atoms with van der Waals surface area (Å²) in [5.74, 6) is -0.496. The van der Waals surface area contributed by atoms with E-state index in [4.69, 9.17) is 11.6 Å². The van der Waals surface area contributed by atoms with Crippen molar-refractivity contribution >= 4 is 29.1 Å². The summed E-state index contributed by atoms with van der Waals surface area (Å²) in [6.45, 7) is 3.94. The minimum Gasteiger partial charge on any atom is -0.351 e. The van der Waals surface area contributed by atoms with E-state index in [0.717, 1.165) is 18.7 Å². The second-order valence-electron chi connectivity index (χ2n) is 7.01. The molecule has 154 valence electrons. The van der Waals surface area contributed by atoms with Crippen molar-refractivity contribution in [2.45, 2.75) is 6.54 Å². The summed E-state index contributed by atoms with van der Waals surface area (Å²) >= 11 is 5.86. The van der Waals surface area contributed by atoms with Gasteiger partial charge in [0.15, 0.2) is 0 Å². The Kier molecular flexibility index (Phi) is 7.57. The van der Waals surface area contributed by atoms with E-state index in [-0.39, 0.29) is 24.2 Å². The number of carbonyl (C=O) groups excluding carboxylic acids is 2. The van der Waals surface area contributed by atoms with E-state index in [1.54, 1.807) is 12.1 Å². The first-order valence-electron chi connectivity index (χ1n) is 9.49. The Morgan fingerprint density at radius 3 is 2.00 bits per heavy atom. The largest absolute Gasteiger partial charge is 0.351 e. The lowest BCUT2D eigenvalue weighted by Gasteiger charge is -2.33. The normalized spacial score (nSPS) is 15.1. The van der Waals surface area contributed by atoms with Gasteiger partial charge in [-0.05, 0) is 42.0 Å². The minimum atomic E-state index is -0.337. The Balaban J connectivity index is 1.34. The summed E-state index contributed by atoms with van der Waals surface area (Å²) in [4.78, 5) is 28.4. The zero-order valence-electron chi connectivity index (χ0n) is 16.0. The molecule has 1 fully saturated rings. The lowest BCUT2D eigenvalue weighted by molar-refractivity contribution is -0.123. The Labute approximate surface area is 174 Å². The van der Waals surface area contributed by atoms with Crippen LogP contribution in [0.3, 0.4) is 0 Å². The van der Waals surface area contributed by atoms with Crippen molar-refractivity contribution in [2.24, 2.45) is 0 Å². The van der Waals surface area contributed by atoms with Crippen LogP contribution in [0.1, 0.15) is 5.56 Å². The Morgan fingerprint density at radius 2 is 1.41 bits per heavy atom. The average Bonchev–Trinajstić information content (AvgIpc) is 2.71. The first-order valence-corrected chi connectivity index (χ1v) is 9.87. The molecule has 2 aromatic carbocycles. The number of hydrogen-bond donors (Lipinski definition) is 2. The molecule has 29 heavy (non-hydrogen) atoms. The van der Waals surface area contributed by atoms with E-state index in [1.807, 2.05) is 17.0 Å². The van der Waals surface area contributed by atoms with Gasteiger partial charge in [-0.3, -0.25) is 19.4 Å². The summed E-state index contributed by atoms with van der Waals surface area (Å²) in [5, 5.41) is 6.35. The van der Waals surface area contributed by atoms with Crippen LogP contribution in [0, 0.1) is 5.82 Å². The molecule has 6 nitrogen and oxygen atoms in total. The third-order valence-corrected chi connectivity index (χ3v) is 4.98. The SMILES string of the molecule is O=C(CN1CCN(CC(=O)Nc2ccc(F)cc2)CC1)NCc1ccc(Cl)cc1. The smallest absolute Gasteiger partial charge is 0.238 e. The van der Waals surface area contributed by atoms with Gasteiger partial charge in [-0.15, -0.1) is 0 Å². The highest BCUT2D eigenvalue weighted by molar-refractivity contribution is 6.30. The molecule has 0 saturated carbocycles. The minimum absolute atomic E-state index is 0.0255. The maximum Gasteiger partial charge on any atom is 0.238 e. The first kappa shape index (κ1) is 21.2. The molecule has 0 aliphatic carbocycles. The number of rotatable bonds is 7. The van der Waals surface area contributed by atoms with Gasteiger partial charge in [-0.25, -0.2) is 4.39 Å². The topological polar surface area (TPSA) is 64.7 Å². The number of nitrogens with zero attached hydrogens (tertiary/aromatic N) is 2. The van der Waals surface area contributed by atoms with Crippen molar-refractivity contribution in [3.05, 3.63) is 64.9 Å². The molecule has 0 bridgehead atoms. The number of halogens is 2. The third-order valence-electron chi connectivity index (χ3n) is 4.73. The first-order chi connectivity index (χ1) is 14.0. The lowest BCUT2D eigenvalue weighted by atomic mass is 10.2. The van der Waals surface area contributed by atoms with E-state index >= 15 is 0 Å². The maximum atomic E-state index is 12.9. The van der Waals surface area contributed by atoms with Gasteiger partial charge in [0, 0.05) is 43.4 Å². The fourth-order valence-electron chi connectivity index (χ4n) is 3.10. The van der Waals surface area contributed by atoms with Crippen LogP contribution in [-0.4, -0.2) is 60.9 Å². The van der Waals surface area contributed by atoms with Crippen LogP contribution in [0.25, 0.3) is 0 Å². The predicted molar refractivity (Wildman–Crippen MR) is 111 cm³/mol. The monoisotopic (exact) mass is 418 g/mol. The van der Waals surface area contributed by atoms with Gasteiger partial charge in [0.2, 0.25) is 11.8 Å². The van der Waals surface area contributed by atoms with Crippen LogP contribution in [0.5, 0.6) is 0 Å². The van der Waals surface area contributed by atoms with Gasteiger partial charge in [0.25, 0.3) is 0 Å². The molecule has 3 rings (SSSR count). The van der Waals surface area contributed by atoms with Crippen LogP contribution >= 0.6 is 11.6 Å². The van der Waals surface area contributed by atoms with E-state index in [2.05, 4.69) is 15.5 Å². The molecular weight excluding hydrogens is 395 g/mol. The number of piperazine rings is 1. The lowest BCUT2D eigenvalue weighted by Crippen LogP contribution is -2.50. The molecule has 2 aromatic rings. The molecule has 1 heterocycles. The summed E-state index contributed by atoms with van der Waals surface area (Å²) in [7, 11) is 0. The van der Waals surface area contributed by atoms with Gasteiger partial charge in [0.05, 0.1) is 13.1 Å². The van der Waals surface area contributed by atoms with Crippen molar-refractivity contribution in [1.29, 1.82) is 0 Å². The number of benzene rings is 2. The molecule has 0 aromatic heterocycles. The highest BCUT2D eigenvalue weighted by atomic mass is 35.5. The fraction of sp³-hybridized carbons (Fsp3) is 0.333. The summed E-state index contributed by atoms with van der Waals surface area (Å²) in [6.07, 6.45) is 0. The van der Waals surface area contributed by atoms with E-state index in [9.17, 15) is 14.0 Å². The van der Waals surface area contributed by atoms with Crippen LogP contribution in [0.2, 0.25) is 5.02 Å². The Hall–Kier alpha value is -2.48. The van der Waals surface area contributed by atoms with Crippen molar-refractivity contribution in [1.82, 2.24) is 15.1 Å². The molecular formula is C21H24ClFN4O2. The summed E-state index contributed by atoms with van der Waals surface area (Å²) in [5.41, 5.74) is 1.58. The van der Waals surface area contributed by atoms with Gasteiger partial charge in [0.1, 0.15) is 5.82 Å². The number of anilines is 1. The predicted octanol–water partition coefficient (Wildman–Crippen LogP) is 2.35. The zero-order chi connectivity index (χ0) is 20.6. The Morgan fingerprint density at radius 1 is 0.862 bits per heavy atom. The zero-order valence-corrected chi connectivity index (χ0v) is 16.8. The standard InChI is InChI=1S/C21H24ClFN4O2/c22-17-3-1-16(2-4-17)13-24-20(28)14-26-9-11-27(12-10-26)15-21(29)25-19-7-5-18(23)6-8-19/h1-8H,9-15H2,(H,24,28)(H,25,29). The molecule has 1 saturated heterocycles. The second-order valence-corrected chi connectivity index (χ2v) is 7.45. The quantitative estimate of drug-likeness (QED) is 0.724. The van der Waals surface area contributed by atoms with Gasteiger partial charge in [-0.1, -0.05) is 23.7 Å². The fourth-order valence-corrected chi connectivity index (χ4v) is 3.23. The molecule has 2 amide bonds. The van der Waals surface area contributed by atoms with Crippen LogP contribution in [0.4, 0.5) is 10.1 Å². The molecule has 8 heteroatoms. The highest BCUT2D eigenvalue weighted by Gasteiger charge is 2.20. The van der Waals surface area contributed by atoms with E-state index in [0.29, 0.717) is 36.9 Å². The Bertz CT molecular complexity index is 822. The molecule has 1 aliphatic rings. The van der Waals surface area contributed by atoms with E-state index in [1.165, 1.54) is 24.3 Å². The van der Waals surface area contributed by atoms with Crippen LogP contribution < -0.4 is 10.6 Å². The number of amides is 2. The van der Waals surface area contributed by atoms with Crippen molar-refractivity contribution in [3.8, 4) is 0 Å². The van der Waals surface area contributed by atoms with Crippen LogP contribution in [-0.2, 0) is 16.1 Å².